The van der Waals surface area contributed by atoms with Gasteiger partial charge in [-0.2, -0.15) is 13.2 Å². The first-order valence-electron chi connectivity index (χ1n) is 6.99. The van der Waals surface area contributed by atoms with E-state index in [2.05, 4.69) is 4.99 Å². The number of benzene rings is 1. The summed E-state index contributed by atoms with van der Waals surface area (Å²) in [6.45, 7) is 0. The molecule has 0 spiro atoms. The first-order valence-corrected chi connectivity index (χ1v) is 6.99. The molecule has 1 aliphatic carbocycles. The molecule has 1 saturated carbocycles. The Morgan fingerprint density at radius 1 is 1.29 bits per heavy atom. The van der Waals surface area contributed by atoms with Gasteiger partial charge in [-0.05, 0) is 24.5 Å². The molecule has 0 aromatic heterocycles. The third-order valence-corrected chi connectivity index (χ3v) is 3.94. The molecule has 1 aromatic carbocycles. The molecular formula is C15H16F3NO2. The van der Waals surface area contributed by atoms with Crippen LogP contribution in [0.2, 0.25) is 0 Å². The van der Waals surface area contributed by atoms with Crippen LogP contribution in [0.4, 0.5) is 13.2 Å². The maximum absolute atomic E-state index is 12.7. The fourth-order valence-electron chi connectivity index (χ4n) is 2.88. The zero-order valence-electron chi connectivity index (χ0n) is 11.3. The average Bonchev–Trinajstić information content (AvgIpc) is 2.79. The number of rotatable bonds is 2. The fourth-order valence-corrected chi connectivity index (χ4v) is 2.88. The van der Waals surface area contributed by atoms with E-state index in [4.69, 9.17) is 4.74 Å². The summed E-state index contributed by atoms with van der Waals surface area (Å²) in [6.07, 6.45) is -2.58. The van der Waals surface area contributed by atoms with Crippen LogP contribution in [0, 0.1) is 0 Å². The molecule has 1 aromatic rings. The number of aliphatic hydroxyl groups excluding tert-OH is 1. The van der Waals surface area contributed by atoms with Crippen molar-refractivity contribution < 1.29 is 23.0 Å². The molecule has 2 aliphatic rings. The van der Waals surface area contributed by atoms with Crippen LogP contribution < -0.4 is 0 Å². The average molecular weight is 299 g/mol. The summed E-state index contributed by atoms with van der Waals surface area (Å²) < 4.78 is 43.7. The number of hydrogen-bond donors (Lipinski definition) is 1. The number of aliphatic hydroxyl groups is 1. The fraction of sp³-hybridized carbons (Fsp3) is 0.533. The second-order valence-electron chi connectivity index (χ2n) is 5.59. The highest BCUT2D eigenvalue weighted by atomic mass is 19.4. The van der Waals surface area contributed by atoms with E-state index in [1.54, 1.807) is 6.07 Å². The third kappa shape index (κ3) is 3.20. The van der Waals surface area contributed by atoms with Crippen LogP contribution in [0.1, 0.15) is 30.4 Å². The monoisotopic (exact) mass is 299 g/mol. The second-order valence-corrected chi connectivity index (χ2v) is 5.59. The highest BCUT2D eigenvalue weighted by Crippen LogP contribution is 2.31. The van der Waals surface area contributed by atoms with Crippen molar-refractivity contribution in [3.05, 3.63) is 35.4 Å². The first kappa shape index (κ1) is 14.4. The molecule has 3 atom stereocenters. The molecule has 3 unspecified atom stereocenters. The molecule has 1 N–H and O–H groups in total. The number of fused-ring (bicyclic) bond motifs is 1. The van der Waals surface area contributed by atoms with Gasteiger partial charge in [-0.3, -0.25) is 0 Å². The van der Waals surface area contributed by atoms with E-state index >= 15 is 0 Å². The molecule has 21 heavy (non-hydrogen) atoms. The van der Waals surface area contributed by atoms with E-state index in [0.29, 0.717) is 24.3 Å². The lowest BCUT2D eigenvalue weighted by Gasteiger charge is -2.26. The Morgan fingerprint density at radius 3 is 2.86 bits per heavy atom. The number of halogens is 3. The van der Waals surface area contributed by atoms with Crippen LogP contribution >= 0.6 is 0 Å². The van der Waals surface area contributed by atoms with Gasteiger partial charge < -0.3 is 9.84 Å². The Morgan fingerprint density at radius 2 is 2.10 bits per heavy atom. The molecule has 1 aliphatic heterocycles. The minimum absolute atomic E-state index is 0.0363. The van der Waals surface area contributed by atoms with Crippen molar-refractivity contribution in [2.75, 3.05) is 0 Å². The topological polar surface area (TPSA) is 41.8 Å². The van der Waals surface area contributed by atoms with Gasteiger partial charge in [0, 0.05) is 12.8 Å². The van der Waals surface area contributed by atoms with Crippen molar-refractivity contribution >= 4 is 5.90 Å². The predicted octanol–water partition coefficient (Wildman–Crippen LogP) is 2.96. The van der Waals surface area contributed by atoms with Crippen LogP contribution in [0.15, 0.2) is 29.3 Å². The molecule has 0 bridgehead atoms. The van der Waals surface area contributed by atoms with Crippen molar-refractivity contribution in [1.82, 2.24) is 0 Å². The Kier molecular flexibility index (Phi) is 3.65. The Bertz CT molecular complexity index is 556. The quantitative estimate of drug-likeness (QED) is 0.912. The van der Waals surface area contributed by atoms with Gasteiger partial charge in [0.1, 0.15) is 6.10 Å². The summed E-state index contributed by atoms with van der Waals surface area (Å²) in [4.78, 5) is 4.43. The number of aliphatic imine (C=N–C) groups is 1. The van der Waals surface area contributed by atoms with E-state index in [0.717, 1.165) is 18.6 Å². The van der Waals surface area contributed by atoms with Gasteiger partial charge in [-0.1, -0.05) is 18.2 Å². The summed E-state index contributed by atoms with van der Waals surface area (Å²) in [5.41, 5.74) is -0.130. The lowest BCUT2D eigenvalue weighted by molar-refractivity contribution is -0.137. The normalized spacial score (nSPS) is 28.8. The van der Waals surface area contributed by atoms with E-state index in [1.165, 1.54) is 6.07 Å². The van der Waals surface area contributed by atoms with Crippen molar-refractivity contribution in [3.63, 3.8) is 0 Å². The molecule has 3 rings (SSSR count). The van der Waals surface area contributed by atoms with Crippen molar-refractivity contribution in [1.29, 1.82) is 0 Å². The summed E-state index contributed by atoms with van der Waals surface area (Å²) in [6, 6.07) is 5.25. The lowest BCUT2D eigenvalue weighted by Crippen LogP contribution is -2.33. The highest BCUT2D eigenvalue weighted by Gasteiger charge is 2.36. The number of hydrogen-bond acceptors (Lipinski definition) is 3. The minimum atomic E-state index is -4.34. The van der Waals surface area contributed by atoms with Crippen LogP contribution in [0.5, 0.6) is 0 Å². The van der Waals surface area contributed by atoms with Crippen LogP contribution in [-0.2, 0) is 17.3 Å². The molecule has 3 nitrogen and oxygen atoms in total. The number of alkyl halides is 3. The number of ether oxygens (including phenoxy) is 1. The van der Waals surface area contributed by atoms with Crippen molar-refractivity contribution in [2.45, 2.75) is 50.1 Å². The zero-order valence-corrected chi connectivity index (χ0v) is 11.3. The van der Waals surface area contributed by atoms with Gasteiger partial charge in [-0.25, -0.2) is 4.99 Å². The van der Waals surface area contributed by atoms with Crippen LogP contribution in [0.3, 0.4) is 0 Å². The second kappa shape index (κ2) is 5.33. The molecule has 0 amide bonds. The number of nitrogens with zero attached hydrogens (tertiary/aromatic N) is 1. The smallest absolute Gasteiger partial charge is 0.416 e. The van der Waals surface area contributed by atoms with E-state index in [1.807, 2.05) is 0 Å². The van der Waals surface area contributed by atoms with Crippen molar-refractivity contribution in [3.8, 4) is 0 Å². The van der Waals surface area contributed by atoms with Gasteiger partial charge in [-0.15, -0.1) is 0 Å². The van der Waals surface area contributed by atoms with Gasteiger partial charge in [0.05, 0.1) is 17.7 Å². The Labute approximate surface area is 120 Å². The summed E-state index contributed by atoms with van der Waals surface area (Å²) in [5.74, 6) is 0.471. The maximum atomic E-state index is 12.7. The summed E-state index contributed by atoms with van der Waals surface area (Å²) in [7, 11) is 0. The van der Waals surface area contributed by atoms with E-state index < -0.39 is 11.7 Å². The molecule has 1 fully saturated rings. The first-order chi connectivity index (χ1) is 9.91. The van der Waals surface area contributed by atoms with Crippen LogP contribution in [-0.4, -0.2) is 29.3 Å². The highest BCUT2D eigenvalue weighted by molar-refractivity contribution is 5.80. The summed E-state index contributed by atoms with van der Waals surface area (Å²) >= 11 is 0. The lowest BCUT2D eigenvalue weighted by atomic mass is 9.91. The van der Waals surface area contributed by atoms with Crippen molar-refractivity contribution in [2.24, 2.45) is 4.99 Å². The van der Waals surface area contributed by atoms with Crippen LogP contribution in [0.25, 0.3) is 0 Å². The molecule has 0 radical (unpaired) electrons. The standard InChI is InChI=1S/C15H16F3NO2/c16-15(17,18)10-3-1-2-9(6-10)7-14-19-12-5-4-11(20)8-13(12)21-14/h1-3,6,11-13,20H,4-5,7-8H2. The molecule has 1 heterocycles. The summed E-state index contributed by atoms with van der Waals surface area (Å²) in [5, 5.41) is 9.60. The molecular weight excluding hydrogens is 283 g/mol. The maximum Gasteiger partial charge on any atom is 0.416 e. The molecule has 0 saturated heterocycles. The minimum Gasteiger partial charge on any atom is -0.475 e. The largest absolute Gasteiger partial charge is 0.475 e. The predicted molar refractivity (Wildman–Crippen MR) is 71.1 cm³/mol. The Hall–Kier alpha value is -1.56. The zero-order chi connectivity index (χ0) is 15.0. The Balaban J connectivity index is 1.70. The SMILES string of the molecule is OC1CCC2N=C(Cc3cccc(C(F)(F)F)c3)OC2C1. The van der Waals surface area contributed by atoms with Gasteiger partial charge in [0.15, 0.2) is 5.90 Å². The van der Waals surface area contributed by atoms with Gasteiger partial charge >= 0.3 is 6.18 Å². The van der Waals surface area contributed by atoms with Gasteiger partial charge in [0.2, 0.25) is 0 Å². The molecule has 6 heteroatoms. The molecule has 114 valence electrons. The third-order valence-electron chi connectivity index (χ3n) is 3.94. The van der Waals surface area contributed by atoms with Gasteiger partial charge in [0.25, 0.3) is 0 Å². The van der Waals surface area contributed by atoms with E-state index in [9.17, 15) is 18.3 Å². The van der Waals surface area contributed by atoms with E-state index in [-0.39, 0.29) is 24.7 Å².